The molecule has 0 atom stereocenters. The minimum absolute atomic E-state index is 0.00905. The third-order valence-corrected chi connectivity index (χ3v) is 6.47. The first-order valence-corrected chi connectivity index (χ1v) is 11.5. The van der Waals surface area contributed by atoms with Crippen molar-refractivity contribution in [3.63, 3.8) is 0 Å². The summed E-state index contributed by atoms with van der Waals surface area (Å²) in [5.41, 5.74) is 0.133. The lowest BCUT2D eigenvalue weighted by Gasteiger charge is -2.33. The Hall–Kier alpha value is -2.77. The Balaban J connectivity index is 1.22. The maximum Gasteiger partial charge on any atom is 0.223 e. The van der Waals surface area contributed by atoms with Crippen molar-refractivity contribution in [2.75, 3.05) is 13.1 Å². The molecule has 1 aliphatic carbocycles. The van der Waals surface area contributed by atoms with Crippen LogP contribution in [0.3, 0.4) is 0 Å². The number of halogens is 2. The molecular formula is C24H29F2N3O3. The Labute approximate surface area is 186 Å². The van der Waals surface area contributed by atoms with Crippen molar-refractivity contribution in [3.8, 4) is 11.3 Å². The van der Waals surface area contributed by atoms with Crippen molar-refractivity contribution >= 4 is 11.8 Å². The molecule has 1 aromatic carbocycles. The number of nitrogens with one attached hydrogen (secondary N) is 1. The highest BCUT2D eigenvalue weighted by Crippen LogP contribution is 2.26. The van der Waals surface area contributed by atoms with E-state index in [1.807, 2.05) is 4.90 Å². The number of hydrogen-bond acceptors (Lipinski definition) is 4. The number of hydrogen-bond donors (Lipinski definition) is 1. The van der Waals surface area contributed by atoms with Gasteiger partial charge in [0.25, 0.3) is 0 Å². The average Bonchev–Trinajstić information content (AvgIpc) is 3.27. The zero-order valence-corrected chi connectivity index (χ0v) is 18.1. The van der Waals surface area contributed by atoms with E-state index >= 15 is 0 Å². The van der Waals surface area contributed by atoms with Crippen LogP contribution in [0.4, 0.5) is 8.78 Å². The molecule has 0 radical (unpaired) electrons. The Morgan fingerprint density at radius 1 is 1.09 bits per heavy atom. The van der Waals surface area contributed by atoms with Gasteiger partial charge in [0.05, 0.1) is 11.8 Å². The summed E-state index contributed by atoms with van der Waals surface area (Å²) in [5, 5.41) is 3.18. The monoisotopic (exact) mass is 445 g/mol. The van der Waals surface area contributed by atoms with E-state index < -0.39 is 11.6 Å². The van der Waals surface area contributed by atoms with Crippen LogP contribution in [0.15, 0.2) is 28.8 Å². The molecule has 1 aromatic heterocycles. The molecule has 2 aliphatic rings. The molecular weight excluding hydrogens is 416 g/mol. The maximum absolute atomic E-state index is 13.9. The van der Waals surface area contributed by atoms with Crippen molar-refractivity contribution in [1.82, 2.24) is 15.2 Å². The van der Waals surface area contributed by atoms with E-state index in [1.165, 1.54) is 18.7 Å². The molecule has 32 heavy (non-hydrogen) atoms. The summed E-state index contributed by atoms with van der Waals surface area (Å²) in [6.07, 6.45) is 8.92. The molecule has 1 saturated carbocycles. The van der Waals surface area contributed by atoms with Gasteiger partial charge in [0.1, 0.15) is 11.6 Å². The summed E-state index contributed by atoms with van der Waals surface area (Å²) in [6.45, 7) is 1.23. The number of aryl methyl sites for hydroxylation is 1. The van der Waals surface area contributed by atoms with Crippen LogP contribution in [0, 0.1) is 17.6 Å². The highest BCUT2D eigenvalue weighted by molar-refractivity contribution is 5.79. The normalized spacial score (nSPS) is 18.0. The topological polar surface area (TPSA) is 75.4 Å². The molecule has 0 spiro atoms. The number of oxazole rings is 1. The largest absolute Gasteiger partial charge is 0.441 e. The molecule has 2 aromatic rings. The summed E-state index contributed by atoms with van der Waals surface area (Å²) >= 11 is 0. The predicted octanol–water partition coefficient (Wildman–Crippen LogP) is 4.24. The van der Waals surface area contributed by atoms with Gasteiger partial charge in [0.15, 0.2) is 11.7 Å². The van der Waals surface area contributed by atoms with Crippen LogP contribution in [0.2, 0.25) is 0 Å². The summed E-state index contributed by atoms with van der Waals surface area (Å²) in [4.78, 5) is 30.9. The lowest BCUT2D eigenvalue weighted by atomic mass is 9.88. The number of nitrogens with zero attached hydrogens (tertiary/aromatic N) is 2. The van der Waals surface area contributed by atoms with Crippen molar-refractivity contribution < 1.29 is 22.8 Å². The van der Waals surface area contributed by atoms with Gasteiger partial charge < -0.3 is 14.6 Å². The van der Waals surface area contributed by atoms with Crippen molar-refractivity contribution in [3.05, 3.63) is 41.9 Å². The lowest BCUT2D eigenvalue weighted by molar-refractivity contribution is -0.132. The predicted molar refractivity (Wildman–Crippen MR) is 114 cm³/mol. The number of rotatable bonds is 6. The summed E-state index contributed by atoms with van der Waals surface area (Å²) < 4.78 is 32.5. The first kappa shape index (κ1) is 22.4. The second kappa shape index (κ2) is 10.2. The third kappa shape index (κ3) is 5.53. The number of piperidine rings is 1. The average molecular weight is 446 g/mol. The number of carbonyl (C=O) groups excluding carboxylic acids is 2. The van der Waals surface area contributed by atoms with Crippen LogP contribution in [0.1, 0.15) is 57.3 Å². The Bertz CT molecular complexity index is 948. The van der Waals surface area contributed by atoms with Crippen LogP contribution < -0.4 is 5.32 Å². The fourth-order valence-corrected chi connectivity index (χ4v) is 4.57. The van der Waals surface area contributed by atoms with E-state index in [0.29, 0.717) is 25.4 Å². The van der Waals surface area contributed by atoms with Gasteiger partial charge in [-0.1, -0.05) is 19.3 Å². The molecule has 1 aliphatic heterocycles. The molecule has 1 saturated heterocycles. The van der Waals surface area contributed by atoms with Crippen molar-refractivity contribution in [1.29, 1.82) is 0 Å². The van der Waals surface area contributed by atoms with Gasteiger partial charge in [-0.25, -0.2) is 13.8 Å². The molecule has 2 amide bonds. The Morgan fingerprint density at radius 3 is 2.56 bits per heavy atom. The minimum atomic E-state index is -0.720. The van der Waals surface area contributed by atoms with Crippen LogP contribution >= 0.6 is 0 Å². The quantitative estimate of drug-likeness (QED) is 0.722. The lowest BCUT2D eigenvalue weighted by Crippen LogP contribution is -2.48. The summed E-state index contributed by atoms with van der Waals surface area (Å²) in [7, 11) is 0. The number of likely N-dealkylation sites (tertiary alicyclic amines) is 1. The van der Waals surface area contributed by atoms with Gasteiger partial charge in [0.2, 0.25) is 11.8 Å². The van der Waals surface area contributed by atoms with Gasteiger partial charge in [-0.2, -0.15) is 0 Å². The zero-order valence-electron chi connectivity index (χ0n) is 18.1. The van der Waals surface area contributed by atoms with Crippen LogP contribution in [-0.2, 0) is 16.0 Å². The second-order valence-electron chi connectivity index (χ2n) is 8.74. The molecule has 0 bridgehead atoms. The molecule has 4 rings (SSSR count). The minimum Gasteiger partial charge on any atom is -0.441 e. The van der Waals surface area contributed by atoms with E-state index in [-0.39, 0.29) is 41.5 Å². The first-order valence-electron chi connectivity index (χ1n) is 11.5. The van der Waals surface area contributed by atoms with E-state index in [1.54, 1.807) is 0 Å². The second-order valence-corrected chi connectivity index (χ2v) is 8.74. The van der Waals surface area contributed by atoms with Crippen LogP contribution in [0.5, 0.6) is 0 Å². The van der Waals surface area contributed by atoms with E-state index in [9.17, 15) is 18.4 Å². The maximum atomic E-state index is 13.9. The van der Waals surface area contributed by atoms with Gasteiger partial charge in [-0.3, -0.25) is 9.59 Å². The smallest absolute Gasteiger partial charge is 0.223 e. The van der Waals surface area contributed by atoms with E-state index in [2.05, 4.69) is 10.3 Å². The van der Waals surface area contributed by atoms with Gasteiger partial charge in [-0.15, -0.1) is 0 Å². The molecule has 1 N–H and O–H groups in total. The SMILES string of the molecule is O=C(NC1CCN(C(=O)CCc2ncc(-c3ccc(F)cc3F)o2)CC1)C1CCCCC1. The zero-order chi connectivity index (χ0) is 22.5. The van der Waals surface area contributed by atoms with Crippen molar-refractivity contribution in [2.45, 2.75) is 63.8 Å². The Morgan fingerprint density at radius 2 is 1.84 bits per heavy atom. The molecule has 6 nitrogen and oxygen atoms in total. The number of carbonyl (C=O) groups is 2. The number of benzene rings is 1. The van der Waals surface area contributed by atoms with Gasteiger partial charge in [0, 0.05) is 44.0 Å². The van der Waals surface area contributed by atoms with Crippen LogP contribution in [0.25, 0.3) is 11.3 Å². The molecule has 8 heteroatoms. The fourth-order valence-electron chi connectivity index (χ4n) is 4.57. The van der Waals surface area contributed by atoms with E-state index in [4.69, 9.17) is 4.42 Å². The Kier molecular flexibility index (Phi) is 7.17. The van der Waals surface area contributed by atoms with Gasteiger partial charge >= 0.3 is 0 Å². The highest BCUT2D eigenvalue weighted by Gasteiger charge is 2.27. The molecule has 2 heterocycles. The standard InChI is InChI=1S/C24H29F2N3O3/c25-17-6-7-19(20(26)14-17)21-15-27-22(32-21)8-9-23(30)29-12-10-18(11-13-29)28-24(31)16-4-2-1-3-5-16/h6-7,14-16,18H,1-5,8-13H2,(H,28,31). The third-order valence-electron chi connectivity index (χ3n) is 6.47. The van der Waals surface area contributed by atoms with Crippen LogP contribution in [-0.4, -0.2) is 40.8 Å². The van der Waals surface area contributed by atoms with Crippen molar-refractivity contribution in [2.24, 2.45) is 5.92 Å². The van der Waals surface area contributed by atoms with Gasteiger partial charge in [-0.05, 0) is 37.8 Å². The van der Waals surface area contributed by atoms with E-state index in [0.717, 1.165) is 50.7 Å². The molecule has 0 unspecified atom stereocenters. The number of amides is 2. The number of aromatic nitrogens is 1. The first-order chi connectivity index (χ1) is 15.5. The fraction of sp³-hybridized carbons (Fsp3) is 0.542. The summed E-state index contributed by atoms with van der Waals surface area (Å²) in [5.74, 6) is -0.499. The highest BCUT2D eigenvalue weighted by atomic mass is 19.1. The molecule has 2 fully saturated rings. The molecule has 172 valence electrons. The summed E-state index contributed by atoms with van der Waals surface area (Å²) in [6, 6.07) is 3.39.